The van der Waals surface area contributed by atoms with Crippen LogP contribution in [0.5, 0.6) is 0 Å². The number of hydrogen-bond donors (Lipinski definition) is 2. The first kappa shape index (κ1) is 24.9. The molecule has 0 unspecified atom stereocenters. The molecule has 1 aliphatic rings. The van der Waals surface area contributed by atoms with Gasteiger partial charge in [-0.05, 0) is 58.3 Å². The molecule has 0 radical (unpaired) electrons. The minimum absolute atomic E-state index is 0. The fourth-order valence-corrected chi connectivity index (χ4v) is 2.97. The summed E-state index contributed by atoms with van der Waals surface area (Å²) >= 11 is 0. The van der Waals surface area contributed by atoms with Crippen molar-refractivity contribution in [3.05, 3.63) is 0 Å². The number of likely N-dealkylation sites (tertiary alicyclic amines) is 1. The third-order valence-corrected chi connectivity index (χ3v) is 4.72. The van der Waals surface area contributed by atoms with Crippen LogP contribution in [0.2, 0.25) is 0 Å². The van der Waals surface area contributed by atoms with E-state index in [1.54, 1.807) is 7.11 Å². The van der Waals surface area contributed by atoms with Crippen molar-refractivity contribution in [2.45, 2.75) is 32.6 Å². The van der Waals surface area contributed by atoms with Gasteiger partial charge in [-0.3, -0.25) is 4.99 Å². The van der Waals surface area contributed by atoms with Crippen molar-refractivity contribution in [3.63, 3.8) is 0 Å². The number of aliphatic imine (C=N–C) groups is 1. The Balaban J connectivity index is 0.00000576. The van der Waals surface area contributed by atoms with E-state index in [2.05, 4.69) is 39.4 Å². The van der Waals surface area contributed by atoms with Gasteiger partial charge in [-0.15, -0.1) is 24.0 Å². The van der Waals surface area contributed by atoms with Crippen molar-refractivity contribution in [2.75, 3.05) is 73.6 Å². The minimum atomic E-state index is 0. The Morgan fingerprint density at radius 2 is 1.84 bits per heavy atom. The molecule has 0 aromatic heterocycles. The molecular weight excluding hydrogens is 429 g/mol. The lowest BCUT2D eigenvalue weighted by molar-refractivity contribution is 0.180. The molecule has 7 heteroatoms. The Morgan fingerprint density at radius 3 is 2.48 bits per heavy atom. The molecule has 0 amide bonds. The van der Waals surface area contributed by atoms with E-state index in [-0.39, 0.29) is 24.0 Å². The van der Waals surface area contributed by atoms with Gasteiger partial charge in [0, 0.05) is 46.9 Å². The van der Waals surface area contributed by atoms with Gasteiger partial charge >= 0.3 is 0 Å². The minimum Gasteiger partial charge on any atom is -0.385 e. The molecule has 1 aliphatic heterocycles. The number of halogens is 1. The van der Waals surface area contributed by atoms with E-state index in [0.29, 0.717) is 0 Å². The molecule has 0 aromatic rings. The second-order valence-electron chi connectivity index (χ2n) is 6.95. The van der Waals surface area contributed by atoms with Crippen molar-refractivity contribution in [1.29, 1.82) is 0 Å². The van der Waals surface area contributed by atoms with Crippen LogP contribution in [0, 0.1) is 5.92 Å². The zero-order valence-electron chi connectivity index (χ0n) is 16.7. The van der Waals surface area contributed by atoms with Gasteiger partial charge in [-0.2, -0.15) is 0 Å². The first-order chi connectivity index (χ1) is 11.7. The van der Waals surface area contributed by atoms with Crippen molar-refractivity contribution in [1.82, 2.24) is 20.4 Å². The fourth-order valence-electron chi connectivity index (χ4n) is 2.97. The lowest BCUT2D eigenvalue weighted by Gasteiger charge is -2.30. The maximum absolute atomic E-state index is 5.08. The molecule has 0 spiro atoms. The van der Waals surface area contributed by atoms with E-state index in [1.807, 2.05) is 7.05 Å². The third-order valence-electron chi connectivity index (χ3n) is 4.72. The molecule has 0 atom stereocenters. The van der Waals surface area contributed by atoms with Crippen LogP contribution in [0.3, 0.4) is 0 Å². The van der Waals surface area contributed by atoms with Gasteiger partial charge in [0.2, 0.25) is 0 Å². The standard InChI is InChI=1S/C18H39N5O.HI/c1-17-7-13-23(14-8-17)12-5-9-20-18(19-2)21-10-15-22(3)11-6-16-24-4;/h17H,5-16H2,1-4H3,(H2,19,20,21);1H. The molecule has 1 rings (SSSR count). The number of nitrogens with one attached hydrogen (secondary N) is 2. The van der Waals surface area contributed by atoms with Crippen molar-refractivity contribution < 1.29 is 4.74 Å². The van der Waals surface area contributed by atoms with Crippen LogP contribution in [0.15, 0.2) is 4.99 Å². The monoisotopic (exact) mass is 469 g/mol. The highest BCUT2D eigenvalue weighted by Crippen LogP contribution is 2.15. The Morgan fingerprint density at radius 1 is 1.16 bits per heavy atom. The van der Waals surface area contributed by atoms with E-state index < -0.39 is 0 Å². The molecule has 6 nitrogen and oxygen atoms in total. The summed E-state index contributed by atoms with van der Waals surface area (Å²) in [5.41, 5.74) is 0. The fraction of sp³-hybridized carbons (Fsp3) is 0.944. The topological polar surface area (TPSA) is 52.1 Å². The van der Waals surface area contributed by atoms with Crippen LogP contribution in [-0.4, -0.2) is 89.4 Å². The lowest BCUT2D eigenvalue weighted by Crippen LogP contribution is -2.42. The first-order valence-electron chi connectivity index (χ1n) is 9.50. The zero-order chi connectivity index (χ0) is 17.6. The summed E-state index contributed by atoms with van der Waals surface area (Å²) in [5, 5.41) is 6.80. The molecule has 1 saturated heterocycles. The van der Waals surface area contributed by atoms with Crippen LogP contribution < -0.4 is 10.6 Å². The summed E-state index contributed by atoms with van der Waals surface area (Å²) in [6.07, 6.45) is 4.96. The largest absolute Gasteiger partial charge is 0.385 e. The molecule has 150 valence electrons. The predicted molar refractivity (Wildman–Crippen MR) is 118 cm³/mol. The summed E-state index contributed by atoms with van der Waals surface area (Å²) in [4.78, 5) is 9.20. The average molecular weight is 469 g/mol. The van der Waals surface area contributed by atoms with Gasteiger partial charge < -0.3 is 25.2 Å². The van der Waals surface area contributed by atoms with Crippen LogP contribution >= 0.6 is 24.0 Å². The summed E-state index contributed by atoms with van der Waals surface area (Å²) in [5.74, 6) is 1.82. The number of nitrogens with zero attached hydrogens (tertiary/aromatic N) is 3. The van der Waals surface area contributed by atoms with Crippen molar-refractivity contribution >= 4 is 29.9 Å². The smallest absolute Gasteiger partial charge is 0.191 e. The first-order valence-corrected chi connectivity index (χ1v) is 9.50. The van der Waals surface area contributed by atoms with Crippen LogP contribution in [-0.2, 0) is 4.74 Å². The number of rotatable bonds is 11. The van der Waals surface area contributed by atoms with Gasteiger partial charge in [-0.1, -0.05) is 6.92 Å². The molecular formula is C18H40IN5O. The number of piperidine rings is 1. The lowest BCUT2D eigenvalue weighted by atomic mass is 9.99. The maximum Gasteiger partial charge on any atom is 0.191 e. The number of hydrogen-bond acceptors (Lipinski definition) is 4. The van der Waals surface area contributed by atoms with Crippen molar-refractivity contribution in [2.24, 2.45) is 10.9 Å². The highest BCUT2D eigenvalue weighted by Gasteiger charge is 2.14. The maximum atomic E-state index is 5.08. The molecule has 0 aliphatic carbocycles. The van der Waals surface area contributed by atoms with Crippen LogP contribution in [0.25, 0.3) is 0 Å². The van der Waals surface area contributed by atoms with E-state index in [9.17, 15) is 0 Å². The summed E-state index contributed by atoms with van der Waals surface area (Å²) in [6.45, 7) is 10.9. The Hall–Kier alpha value is -0.120. The van der Waals surface area contributed by atoms with E-state index in [4.69, 9.17) is 4.74 Å². The predicted octanol–water partition coefficient (Wildman–Crippen LogP) is 1.86. The molecule has 2 N–H and O–H groups in total. The third kappa shape index (κ3) is 12.8. The number of ether oxygens (including phenoxy) is 1. The second-order valence-corrected chi connectivity index (χ2v) is 6.95. The summed E-state index contributed by atoms with van der Waals surface area (Å²) < 4.78 is 5.08. The van der Waals surface area contributed by atoms with Gasteiger partial charge in [0.15, 0.2) is 5.96 Å². The van der Waals surface area contributed by atoms with Gasteiger partial charge in [0.1, 0.15) is 0 Å². The molecule has 1 fully saturated rings. The molecule has 0 aromatic carbocycles. The normalized spacial score (nSPS) is 16.8. The van der Waals surface area contributed by atoms with E-state index in [0.717, 1.165) is 51.1 Å². The Bertz CT molecular complexity index is 335. The molecule has 0 bridgehead atoms. The quantitative estimate of drug-likeness (QED) is 0.210. The SMILES string of the molecule is CN=C(NCCCN1CCC(C)CC1)NCCN(C)CCCOC.I. The Kier molecular flexibility index (Phi) is 16.0. The van der Waals surface area contributed by atoms with Crippen molar-refractivity contribution in [3.8, 4) is 0 Å². The summed E-state index contributed by atoms with van der Waals surface area (Å²) in [6, 6.07) is 0. The molecule has 1 heterocycles. The van der Waals surface area contributed by atoms with Gasteiger partial charge in [-0.25, -0.2) is 0 Å². The van der Waals surface area contributed by atoms with E-state index in [1.165, 1.54) is 38.9 Å². The van der Waals surface area contributed by atoms with Crippen LogP contribution in [0.4, 0.5) is 0 Å². The second kappa shape index (κ2) is 16.1. The van der Waals surface area contributed by atoms with Gasteiger partial charge in [0.05, 0.1) is 0 Å². The van der Waals surface area contributed by atoms with Crippen LogP contribution in [0.1, 0.15) is 32.6 Å². The zero-order valence-corrected chi connectivity index (χ0v) is 19.1. The molecule has 25 heavy (non-hydrogen) atoms. The number of methoxy groups -OCH3 is 1. The average Bonchev–Trinajstić information content (AvgIpc) is 2.59. The Labute approximate surface area is 172 Å². The molecule has 0 saturated carbocycles. The highest BCUT2D eigenvalue weighted by atomic mass is 127. The number of likely N-dealkylation sites (N-methyl/N-ethyl adjacent to an activating group) is 1. The number of guanidine groups is 1. The van der Waals surface area contributed by atoms with E-state index >= 15 is 0 Å². The highest BCUT2D eigenvalue weighted by molar-refractivity contribution is 14.0. The van der Waals surface area contributed by atoms with Gasteiger partial charge in [0.25, 0.3) is 0 Å². The summed E-state index contributed by atoms with van der Waals surface area (Å²) in [7, 11) is 5.74.